The van der Waals surface area contributed by atoms with Gasteiger partial charge in [0, 0.05) is 12.6 Å². The molecule has 3 rings (SSSR count). The lowest BCUT2D eigenvalue weighted by molar-refractivity contribution is -0.176. The van der Waals surface area contributed by atoms with Gasteiger partial charge in [-0.25, -0.2) is 0 Å². The molecule has 1 amide bonds. The van der Waals surface area contributed by atoms with Crippen molar-refractivity contribution in [3.63, 3.8) is 0 Å². The van der Waals surface area contributed by atoms with Crippen LogP contribution in [0, 0.1) is 0 Å². The molecule has 3 nitrogen and oxygen atoms in total. The van der Waals surface area contributed by atoms with E-state index in [1.807, 2.05) is 67.6 Å². The van der Waals surface area contributed by atoms with Crippen LogP contribution in [0.25, 0.3) is 0 Å². The summed E-state index contributed by atoms with van der Waals surface area (Å²) in [4.78, 5) is 13.3. The molecule has 1 fully saturated rings. The van der Waals surface area contributed by atoms with E-state index < -0.39 is 18.1 Å². The van der Waals surface area contributed by atoms with Crippen LogP contribution < -0.4 is 5.32 Å². The minimum Gasteiger partial charge on any atom is -0.343 e. The minimum atomic E-state index is -4.85. The first-order chi connectivity index (χ1) is 11.9. The van der Waals surface area contributed by atoms with Crippen LogP contribution in [0.2, 0.25) is 0 Å². The molecule has 2 aromatic rings. The van der Waals surface area contributed by atoms with Crippen LogP contribution in [-0.2, 0) is 4.79 Å². The molecule has 26 heavy (non-hydrogen) atoms. The van der Waals surface area contributed by atoms with Crippen LogP contribution in [0.5, 0.6) is 0 Å². The van der Waals surface area contributed by atoms with E-state index in [2.05, 4.69) is 10.2 Å². The largest absolute Gasteiger partial charge is 0.471 e. The number of benzene rings is 2. The number of hydrogen-bond donors (Lipinski definition) is 1. The lowest BCUT2D eigenvalue weighted by Crippen LogP contribution is -2.67. The third kappa shape index (κ3) is 4.19. The normalized spacial score (nSPS) is 20.2. The third-order valence-corrected chi connectivity index (χ3v) is 4.65. The van der Waals surface area contributed by atoms with Gasteiger partial charge in [0.2, 0.25) is 0 Å². The van der Waals surface area contributed by atoms with Crippen LogP contribution in [0.15, 0.2) is 60.7 Å². The second-order valence-corrected chi connectivity index (χ2v) is 6.24. The first kappa shape index (κ1) is 20.3. The van der Waals surface area contributed by atoms with E-state index in [1.165, 1.54) is 0 Å². The standard InChI is InChI=1S/C19H19F3N2O.ClH/c1-13-16(23-18(25)19(20,21)22)12-24(13)17(14-8-4-2-5-9-14)15-10-6-3-7-11-15;/h2-11,13,16-17H,12H2,1H3,(H,23,25);1H. The highest BCUT2D eigenvalue weighted by Gasteiger charge is 2.46. The molecule has 0 aliphatic carbocycles. The zero-order chi connectivity index (χ0) is 18.0. The number of hydrogen-bond acceptors (Lipinski definition) is 2. The van der Waals surface area contributed by atoms with E-state index in [4.69, 9.17) is 0 Å². The van der Waals surface area contributed by atoms with Crippen molar-refractivity contribution in [2.45, 2.75) is 31.2 Å². The Bertz CT molecular complexity index is 685. The van der Waals surface area contributed by atoms with E-state index in [-0.39, 0.29) is 24.5 Å². The van der Waals surface area contributed by atoms with Crippen molar-refractivity contribution in [3.05, 3.63) is 71.8 Å². The monoisotopic (exact) mass is 384 g/mol. The van der Waals surface area contributed by atoms with Gasteiger partial charge in [0.15, 0.2) is 0 Å². The number of nitrogens with zero attached hydrogens (tertiary/aromatic N) is 1. The zero-order valence-electron chi connectivity index (χ0n) is 14.1. The summed E-state index contributed by atoms with van der Waals surface area (Å²) < 4.78 is 37.4. The average molecular weight is 385 g/mol. The summed E-state index contributed by atoms with van der Waals surface area (Å²) in [5, 5.41) is 2.09. The number of alkyl halides is 3. The molecule has 2 aromatic carbocycles. The number of amides is 1. The molecule has 0 bridgehead atoms. The molecule has 0 saturated carbocycles. The molecule has 2 unspecified atom stereocenters. The summed E-state index contributed by atoms with van der Waals surface area (Å²) in [6, 6.07) is 18.9. The van der Waals surface area contributed by atoms with Crippen LogP contribution in [0.4, 0.5) is 13.2 Å². The molecular formula is C19H20ClF3N2O. The molecule has 2 atom stereocenters. The molecule has 1 aliphatic heterocycles. The Morgan fingerprint density at radius 3 is 1.88 bits per heavy atom. The Labute approximate surface area is 156 Å². The summed E-state index contributed by atoms with van der Waals surface area (Å²) in [5.41, 5.74) is 2.14. The topological polar surface area (TPSA) is 32.3 Å². The van der Waals surface area contributed by atoms with Gasteiger partial charge in [-0.3, -0.25) is 9.69 Å². The molecule has 1 heterocycles. The zero-order valence-corrected chi connectivity index (χ0v) is 14.9. The highest BCUT2D eigenvalue weighted by molar-refractivity contribution is 5.85. The molecule has 1 N–H and O–H groups in total. The molecular weight excluding hydrogens is 365 g/mol. The molecule has 0 spiro atoms. The van der Waals surface area contributed by atoms with Gasteiger partial charge >= 0.3 is 12.1 Å². The number of likely N-dealkylation sites (tertiary alicyclic amines) is 1. The van der Waals surface area contributed by atoms with Crippen molar-refractivity contribution >= 4 is 18.3 Å². The van der Waals surface area contributed by atoms with Gasteiger partial charge in [0.05, 0.1) is 12.1 Å². The molecule has 0 aromatic heterocycles. The van der Waals surface area contributed by atoms with Crippen LogP contribution in [-0.4, -0.2) is 35.6 Å². The highest BCUT2D eigenvalue weighted by Crippen LogP contribution is 2.36. The van der Waals surface area contributed by atoms with Gasteiger partial charge in [-0.05, 0) is 18.1 Å². The number of halogens is 4. The quantitative estimate of drug-likeness (QED) is 0.865. The van der Waals surface area contributed by atoms with E-state index in [1.54, 1.807) is 0 Å². The van der Waals surface area contributed by atoms with Crippen molar-refractivity contribution < 1.29 is 18.0 Å². The van der Waals surface area contributed by atoms with Crippen LogP contribution >= 0.6 is 12.4 Å². The van der Waals surface area contributed by atoms with Crippen molar-refractivity contribution in [1.82, 2.24) is 10.2 Å². The first-order valence-corrected chi connectivity index (χ1v) is 8.11. The van der Waals surface area contributed by atoms with Gasteiger partial charge in [-0.2, -0.15) is 13.2 Å². The fourth-order valence-electron chi connectivity index (χ4n) is 3.24. The fraction of sp³-hybridized carbons (Fsp3) is 0.316. The van der Waals surface area contributed by atoms with E-state index in [9.17, 15) is 18.0 Å². The van der Waals surface area contributed by atoms with Gasteiger partial charge in [0.1, 0.15) is 0 Å². The third-order valence-electron chi connectivity index (χ3n) is 4.65. The maximum Gasteiger partial charge on any atom is 0.471 e. The minimum absolute atomic E-state index is 0. The van der Waals surface area contributed by atoms with Gasteiger partial charge in [0.25, 0.3) is 0 Å². The number of nitrogens with one attached hydrogen (secondary N) is 1. The Kier molecular flexibility index (Phi) is 6.31. The van der Waals surface area contributed by atoms with Crippen molar-refractivity contribution in [2.24, 2.45) is 0 Å². The summed E-state index contributed by atoms with van der Waals surface area (Å²) >= 11 is 0. The van der Waals surface area contributed by atoms with Gasteiger partial charge in [-0.15, -0.1) is 12.4 Å². The maximum atomic E-state index is 12.5. The second-order valence-electron chi connectivity index (χ2n) is 6.24. The number of carbonyl (C=O) groups is 1. The van der Waals surface area contributed by atoms with Crippen molar-refractivity contribution in [1.29, 1.82) is 0 Å². The Morgan fingerprint density at radius 1 is 1.04 bits per heavy atom. The molecule has 1 aliphatic rings. The SMILES string of the molecule is CC1C(NC(=O)C(F)(F)F)CN1C(c1ccccc1)c1ccccc1.Cl. The fourth-order valence-corrected chi connectivity index (χ4v) is 3.24. The van der Waals surface area contributed by atoms with E-state index in [0.717, 1.165) is 11.1 Å². The van der Waals surface area contributed by atoms with Gasteiger partial charge in [-0.1, -0.05) is 60.7 Å². The highest BCUT2D eigenvalue weighted by atomic mass is 35.5. The van der Waals surface area contributed by atoms with Gasteiger partial charge < -0.3 is 5.32 Å². The molecule has 140 valence electrons. The van der Waals surface area contributed by atoms with Crippen molar-refractivity contribution in [2.75, 3.05) is 6.54 Å². The summed E-state index contributed by atoms with van der Waals surface area (Å²) in [6.07, 6.45) is -4.85. The Hall–Kier alpha value is -2.05. The predicted octanol–water partition coefficient (Wildman–Crippen LogP) is 3.95. The predicted molar refractivity (Wildman–Crippen MR) is 96.1 cm³/mol. The number of carbonyl (C=O) groups excluding carboxylic acids is 1. The molecule has 1 saturated heterocycles. The van der Waals surface area contributed by atoms with E-state index >= 15 is 0 Å². The lowest BCUT2D eigenvalue weighted by Gasteiger charge is -2.50. The Morgan fingerprint density at radius 2 is 1.50 bits per heavy atom. The van der Waals surface area contributed by atoms with Crippen molar-refractivity contribution in [3.8, 4) is 0 Å². The lowest BCUT2D eigenvalue weighted by atomic mass is 9.88. The summed E-state index contributed by atoms with van der Waals surface area (Å²) in [7, 11) is 0. The molecule has 0 radical (unpaired) electrons. The average Bonchev–Trinajstić information content (AvgIpc) is 2.61. The second kappa shape index (κ2) is 8.10. The molecule has 7 heteroatoms. The summed E-state index contributed by atoms with van der Waals surface area (Å²) in [6.45, 7) is 2.21. The maximum absolute atomic E-state index is 12.5. The first-order valence-electron chi connectivity index (χ1n) is 8.11. The van der Waals surface area contributed by atoms with E-state index in [0.29, 0.717) is 6.54 Å². The van der Waals surface area contributed by atoms with Crippen LogP contribution in [0.1, 0.15) is 24.1 Å². The smallest absolute Gasteiger partial charge is 0.343 e. The Balaban J connectivity index is 0.00000243. The van der Waals surface area contributed by atoms with Crippen LogP contribution in [0.3, 0.4) is 0 Å². The number of rotatable bonds is 4. The summed E-state index contributed by atoms with van der Waals surface area (Å²) in [5.74, 6) is -1.88.